The molecule has 24 heavy (non-hydrogen) atoms. The number of halogens is 1. The fourth-order valence-corrected chi connectivity index (χ4v) is 3.43. The van der Waals surface area contributed by atoms with Crippen LogP contribution in [0.1, 0.15) is 63.5 Å². The lowest BCUT2D eigenvalue weighted by molar-refractivity contribution is -0.130. The maximum Gasteiger partial charge on any atom is 0.231 e. The third-order valence-electron chi connectivity index (χ3n) is 4.93. The maximum atomic E-state index is 13.0. The van der Waals surface area contributed by atoms with Gasteiger partial charge in [0.1, 0.15) is 6.33 Å². The van der Waals surface area contributed by atoms with Crippen molar-refractivity contribution in [2.75, 3.05) is 0 Å². The summed E-state index contributed by atoms with van der Waals surface area (Å²) in [5.74, 6) is 0.839. The van der Waals surface area contributed by atoms with Crippen LogP contribution in [0.25, 0.3) is 0 Å². The number of carbonyl (C=O) groups excluding carboxylic acids is 1. The molecule has 1 N–H and O–H groups in total. The molecule has 6 heteroatoms. The SMILES string of the molecule is CC(NC(=O)C1(c2ccc(Cl)cc2)CCC1)c1nncn1C(C)C. The number of rotatable bonds is 5. The van der Waals surface area contributed by atoms with E-state index in [-0.39, 0.29) is 18.0 Å². The van der Waals surface area contributed by atoms with Gasteiger partial charge in [-0.15, -0.1) is 10.2 Å². The Morgan fingerprint density at radius 1 is 1.25 bits per heavy atom. The summed E-state index contributed by atoms with van der Waals surface area (Å²) in [5, 5.41) is 12.0. The number of aromatic nitrogens is 3. The normalized spacial score (nSPS) is 17.4. The van der Waals surface area contributed by atoms with Crippen LogP contribution >= 0.6 is 11.6 Å². The van der Waals surface area contributed by atoms with Crippen molar-refractivity contribution in [2.24, 2.45) is 0 Å². The number of benzene rings is 1. The van der Waals surface area contributed by atoms with E-state index in [4.69, 9.17) is 11.6 Å². The first kappa shape index (κ1) is 17.0. The summed E-state index contributed by atoms with van der Waals surface area (Å²) in [6.07, 6.45) is 4.50. The molecule has 0 bridgehead atoms. The van der Waals surface area contributed by atoms with Gasteiger partial charge in [-0.25, -0.2) is 0 Å². The Morgan fingerprint density at radius 2 is 1.92 bits per heavy atom. The predicted octanol–water partition coefficient (Wildman–Crippen LogP) is 3.81. The Morgan fingerprint density at radius 3 is 2.46 bits per heavy atom. The Balaban J connectivity index is 1.80. The second-order valence-electron chi connectivity index (χ2n) is 6.83. The summed E-state index contributed by atoms with van der Waals surface area (Å²) in [6, 6.07) is 7.69. The highest BCUT2D eigenvalue weighted by molar-refractivity contribution is 6.30. The fourth-order valence-electron chi connectivity index (χ4n) is 3.30. The lowest BCUT2D eigenvalue weighted by Gasteiger charge is -2.41. The first-order chi connectivity index (χ1) is 11.4. The van der Waals surface area contributed by atoms with Crippen molar-refractivity contribution in [3.63, 3.8) is 0 Å². The molecule has 0 aliphatic heterocycles. The number of carbonyl (C=O) groups is 1. The van der Waals surface area contributed by atoms with Crippen molar-refractivity contribution in [3.8, 4) is 0 Å². The van der Waals surface area contributed by atoms with Crippen LogP contribution in [-0.4, -0.2) is 20.7 Å². The summed E-state index contributed by atoms with van der Waals surface area (Å²) < 4.78 is 1.99. The van der Waals surface area contributed by atoms with Crippen molar-refractivity contribution < 1.29 is 4.79 Å². The zero-order valence-corrected chi connectivity index (χ0v) is 15.0. The molecule has 1 aliphatic rings. The molecule has 1 atom stereocenters. The van der Waals surface area contributed by atoms with E-state index in [1.54, 1.807) is 6.33 Å². The van der Waals surface area contributed by atoms with E-state index in [0.717, 1.165) is 30.7 Å². The summed E-state index contributed by atoms with van der Waals surface area (Å²) in [5.41, 5.74) is 0.592. The monoisotopic (exact) mass is 346 g/mol. The van der Waals surface area contributed by atoms with E-state index in [2.05, 4.69) is 29.4 Å². The van der Waals surface area contributed by atoms with Gasteiger partial charge in [0, 0.05) is 11.1 Å². The molecular weight excluding hydrogens is 324 g/mol. The standard InChI is InChI=1S/C18H23ClN4O/c1-12(2)23-11-20-22-16(23)13(3)21-17(24)18(9-4-10-18)14-5-7-15(19)8-6-14/h5-8,11-13H,4,9-10H2,1-3H3,(H,21,24). The molecule has 1 unspecified atom stereocenters. The third kappa shape index (κ3) is 2.93. The van der Waals surface area contributed by atoms with Crippen LogP contribution < -0.4 is 5.32 Å². The second-order valence-corrected chi connectivity index (χ2v) is 7.26. The van der Waals surface area contributed by atoms with Gasteiger partial charge in [-0.3, -0.25) is 4.79 Å². The maximum absolute atomic E-state index is 13.0. The van der Waals surface area contributed by atoms with Crippen molar-refractivity contribution in [1.29, 1.82) is 0 Å². The first-order valence-corrected chi connectivity index (χ1v) is 8.78. The number of nitrogens with zero attached hydrogens (tertiary/aromatic N) is 3. The van der Waals surface area contributed by atoms with Crippen LogP contribution in [0.15, 0.2) is 30.6 Å². The zero-order valence-electron chi connectivity index (χ0n) is 14.3. The quantitative estimate of drug-likeness (QED) is 0.895. The molecule has 1 fully saturated rings. The molecule has 1 amide bonds. The number of amides is 1. The van der Waals surface area contributed by atoms with Crippen LogP contribution in [0.2, 0.25) is 5.02 Å². The number of hydrogen-bond acceptors (Lipinski definition) is 3. The van der Waals surface area contributed by atoms with Gasteiger partial charge in [0.25, 0.3) is 0 Å². The van der Waals surface area contributed by atoms with Crippen LogP contribution in [-0.2, 0) is 10.2 Å². The van der Waals surface area contributed by atoms with E-state index < -0.39 is 5.41 Å². The first-order valence-electron chi connectivity index (χ1n) is 8.40. The van der Waals surface area contributed by atoms with Gasteiger partial charge in [-0.2, -0.15) is 0 Å². The fraction of sp³-hybridized carbons (Fsp3) is 0.500. The summed E-state index contributed by atoms with van der Waals surface area (Å²) in [4.78, 5) is 13.0. The number of nitrogens with one attached hydrogen (secondary N) is 1. The van der Waals surface area contributed by atoms with Gasteiger partial charge in [-0.1, -0.05) is 30.2 Å². The Hall–Kier alpha value is -1.88. The molecule has 1 saturated carbocycles. The molecule has 3 rings (SSSR count). The molecule has 0 saturated heterocycles. The van der Waals surface area contributed by atoms with Crippen LogP contribution in [0, 0.1) is 0 Å². The van der Waals surface area contributed by atoms with Crippen molar-refractivity contribution in [1.82, 2.24) is 20.1 Å². The Labute approximate surface area is 147 Å². The molecule has 1 aliphatic carbocycles. The van der Waals surface area contributed by atoms with Crippen LogP contribution in [0.5, 0.6) is 0 Å². The molecule has 1 aromatic heterocycles. The molecular formula is C18H23ClN4O. The Bertz CT molecular complexity index is 719. The van der Waals surface area contributed by atoms with Gasteiger partial charge < -0.3 is 9.88 Å². The van der Waals surface area contributed by atoms with Gasteiger partial charge in [0.15, 0.2) is 5.82 Å². The highest BCUT2D eigenvalue weighted by Gasteiger charge is 2.46. The second kappa shape index (κ2) is 6.55. The highest BCUT2D eigenvalue weighted by atomic mass is 35.5. The average Bonchev–Trinajstić information content (AvgIpc) is 2.98. The van der Waals surface area contributed by atoms with E-state index in [1.807, 2.05) is 35.8 Å². The van der Waals surface area contributed by atoms with Crippen molar-refractivity contribution >= 4 is 17.5 Å². The van der Waals surface area contributed by atoms with Gasteiger partial charge in [0.05, 0.1) is 11.5 Å². The third-order valence-corrected chi connectivity index (χ3v) is 5.18. The number of hydrogen-bond donors (Lipinski definition) is 1. The predicted molar refractivity (Wildman–Crippen MR) is 93.9 cm³/mol. The summed E-state index contributed by atoms with van der Waals surface area (Å²) in [7, 11) is 0. The van der Waals surface area contributed by atoms with Gasteiger partial charge >= 0.3 is 0 Å². The van der Waals surface area contributed by atoms with Gasteiger partial charge in [-0.05, 0) is 51.3 Å². The molecule has 1 aromatic carbocycles. The highest BCUT2D eigenvalue weighted by Crippen LogP contribution is 2.44. The smallest absolute Gasteiger partial charge is 0.231 e. The molecule has 5 nitrogen and oxygen atoms in total. The molecule has 128 valence electrons. The van der Waals surface area contributed by atoms with E-state index in [9.17, 15) is 4.79 Å². The van der Waals surface area contributed by atoms with Crippen LogP contribution in [0.4, 0.5) is 0 Å². The van der Waals surface area contributed by atoms with E-state index >= 15 is 0 Å². The lowest BCUT2D eigenvalue weighted by Crippen LogP contribution is -2.50. The minimum atomic E-state index is -0.443. The van der Waals surface area contributed by atoms with E-state index in [1.165, 1.54) is 0 Å². The molecule has 0 spiro atoms. The zero-order chi connectivity index (χ0) is 17.3. The molecule has 0 radical (unpaired) electrons. The van der Waals surface area contributed by atoms with Crippen LogP contribution in [0.3, 0.4) is 0 Å². The average molecular weight is 347 g/mol. The summed E-state index contributed by atoms with van der Waals surface area (Å²) >= 11 is 5.98. The Kier molecular flexibility index (Phi) is 4.63. The summed E-state index contributed by atoms with van der Waals surface area (Å²) in [6.45, 7) is 6.10. The minimum absolute atomic E-state index is 0.0573. The largest absolute Gasteiger partial charge is 0.346 e. The topological polar surface area (TPSA) is 59.8 Å². The minimum Gasteiger partial charge on any atom is -0.346 e. The lowest BCUT2D eigenvalue weighted by atomic mass is 9.63. The van der Waals surface area contributed by atoms with Crippen molar-refractivity contribution in [3.05, 3.63) is 47.0 Å². The van der Waals surface area contributed by atoms with E-state index in [0.29, 0.717) is 5.02 Å². The molecule has 2 aromatic rings. The van der Waals surface area contributed by atoms with Crippen molar-refractivity contribution in [2.45, 2.75) is 57.5 Å². The molecule has 1 heterocycles. The van der Waals surface area contributed by atoms with Gasteiger partial charge in [0.2, 0.25) is 5.91 Å².